The van der Waals surface area contributed by atoms with Crippen LogP contribution in [0.2, 0.25) is 0 Å². The third-order valence-electron chi connectivity index (χ3n) is 2.67. The highest BCUT2D eigenvalue weighted by Gasteiger charge is 2.16. The average Bonchev–Trinajstić information content (AvgIpc) is 2.93. The highest BCUT2D eigenvalue weighted by molar-refractivity contribution is 5.61. The van der Waals surface area contributed by atoms with Crippen LogP contribution in [0.25, 0.3) is 11.4 Å². The SMILES string of the molecule is Cn1nc(-c2ccc3c(c2)OCO3)nc1CN. The van der Waals surface area contributed by atoms with Gasteiger partial charge in [0.2, 0.25) is 6.79 Å². The van der Waals surface area contributed by atoms with Crippen molar-refractivity contribution < 1.29 is 9.47 Å². The maximum absolute atomic E-state index is 5.56. The normalized spacial score (nSPS) is 13.1. The van der Waals surface area contributed by atoms with Crippen LogP contribution in [-0.4, -0.2) is 21.6 Å². The molecule has 0 saturated carbocycles. The van der Waals surface area contributed by atoms with Gasteiger partial charge >= 0.3 is 0 Å². The molecule has 6 nitrogen and oxygen atoms in total. The van der Waals surface area contributed by atoms with Crippen molar-refractivity contribution in [3.8, 4) is 22.9 Å². The first-order valence-corrected chi connectivity index (χ1v) is 5.28. The number of benzene rings is 1. The van der Waals surface area contributed by atoms with Crippen LogP contribution < -0.4 is 15.2 Å². The number of aryl methyl sites for hydroxylation is 1. The van der Waals surface area contributed by atoms with Gasteiger partial charge in [-0.2, -0.15) is 5.10 Å². The Hall–Kier alpha value is -2.08. The van der Waals surface area contributed by atoms with E-state index in [1.54, 1.807) is 4.68 Å². The molecule has 1 aromatic heterocycles. The van der Waals surface area contributed by atoms with E-state index in [0.717, 1.165) is 22.9 Å². The standard InChI is InChI=1S/C11H12N4O2/c1-15-10(5-12)13-11(14-15)7-2-3-8-9(4-7)17-6-16-8/h2-4H,5-6,12H2,1H3. The van der Waals surface area contributed by atoms with Crippen LogP contribution in [-0.2, 0) is 13.6 Å². The van der Waals surface area contributed by atoms with E-state index < -0.39 is 0 Å². The topological polar surface area (TPSA) is 75.2 Å². The monoisotopic (exact) mass is 232 g/mol. The molecule has 17 heavy (non-hydrogen) atoms. The molecule has 0 radical (unpaired) electrons. The zero-order valence-electron chi connectivity index (χ0n) is 9.38. The average molecular weight is 232 g/mol. The summed E-state index contributed by atoms with van der Waals surface area (Å²) in [5.74, 6) is 2.87. The van der Waals surface area contributed by atoms with Crippen LogP contribution in [0.3, 0.4) is 0 Å². The molecule has 0 aliphatic carbocycles. The fraction of sp³-hybridized carbons (Fsp3) is 0.273. The molecule has 6 heteroatoms. The number of ether oxygens (including phenoxy) is 2. The third-order valence-corrected chi connectivity index (χ3v) is 2.67. The molecule has 0 atom stereocenters. The largest absolute Gasteiger partial charge is 0.454 e. The van der Waals surface area contributed by atoms with Gasteiger partial charge in [-0.25, -0.2) is 4.98 Å². The molecule has 0 amide bonds. The van der Waals surface area contributed by atoms with Gasteiger partial charge in [0.1, 0.15) is 5.82 Å². The fourth-order valence-electron chi connectivity index (χ4n) is 1.75. The second kappa shape index (κ2) is 3.74. The molecule has 88 valence electrons. The fourth-order valence-corrected chi connectivity index (χ4v) is 1.75. The quantitative estimate of drug-likeness (QED) is 0.823. The number of fused-ring (bicyclic) bond motifs is 1. The van der Waals surface area contributed by atoms with Gasteiger partial charge in [-0.3, -0.25) is 4.68 Å². The number of aromatic nitrogens is 3. The lowest BCUT2D eigenvalue weighted by Gasteiger charge is -1.98. The van der Waals surface area contributed by atoms with E-state index in [0.29, 0.717) is 12.4 Å². The molecule has 0 spiro atoms. The summed E-state index contributed by atoms with van der Waals surface area (Å²) in [6.07, 6.45) is 0. The lowest BCUT2D eigenvalue weighted by molar-refractivity contribution is 0.174. The highest BCUT2D eigenvalue weighted by atomic mass is 16.7. The molecule has 0 unspecified atom stereocenters. The van der Waals surface area contributed by atoms with E-state index in [1.165, 1.54) is 0 Å². The molecule has 0 bridgehead atoms. The summed E-state index contributed by atoms with van der Waals surface area (Å²) in [7, 11) is 1.83. The van der Waals surface area contributed by atoms with E-state index in [1.807, 2.05) is 25.2 Å². The van der Waals surface area contributed by atoms with Crippen molar-refractivity contribution in [1.29, 1.82) is 0 Å². The molecule has 0 saturated heterocycles. The zero-order valence-corrected chi connectivity index (χ0v) is 9.38. The van der Waals surface area contributed by atoms with Crippen LogP contribution >= 0.6 is 0 Å². The number of nitrogens with two attached hydrogens (primary N) is 1. The number of nitrogens with zero attached hydrogens (tertiary/aromatic N) is 3. The molecule has 2 N–H and O–H groups in total. The van der Waals surface area contributed by atoms with Crippen LogP contribution in [0.15, 0.2) is 18.2 Å². The number of hydrogen-bond donors (Lipinski definition) is 1. The Kier molecular flexibility index (Phi) is 2.22. The summed E-state index contributed by atoms with van der Waals surface area (Å²) in [4.78, 5) is 4.35. The van der Waals surface area contributed by atoms with Gasteiger partial charge in [0.15, 0.2) is 17.3 Å². The maximum Gasteiger partial charge on any atom is 0.231 e. The predicted octanol–water partition coefficient (Wildman–Crippen LogP) is 0.669. The molecule has 3 rings (SSSR count). The van der Waals surface area contributed by atoms with Crippen LogP contribution in [0.4, 0.5) is 0 Å². The van der Waals surface area contributed by atoms with Crippen LogP contribution in [0.1, 0.15) is 5.82 Å². The molecule has 1 aliphatic rings. The van der Waals surface area contributed by atoms with Crippen molar-refractivity contribution in [3.05, 3.63) is 24.0 Å². The minimum atomic E-state index is 0.266. The van der Waals surface area contributed by atoms with E-state index in [-0.39, 0.29) is 6.79 Å². The van der Waals surface area contributed by atoms with Gasteiger partial charge in [-0.05, 0) is 18.2 Å². The van der Waals surface area contributed by atoms with E-state index in [4.69, 9.17) is 15.2 Å². The molecule has 2 heterocycles. The molecular formula is C11H12N4O2. The van der Waals surface area contributed by atoms with Crippen molar-refractivity contribution in [2.75, 3.05) is 6.79 Å². The molecule has 2 aromatic rings. The second-order valence-electron chi connectivity index (χ2n) is 3.75. The summed E-state index contributed by atoms with van der Waals surface area (Å²) >= 11 is 0. The Morgan fingerprint density at radius 1 is 1.35 bits per heavy atom. The molecular weight excluding hydrogens is 220 g/mol. The van der Waals surface area contributed by atoms with Gasteiger partial charge < -0.3 is 15.2 Å². The van der Waals surface area contributed by atoms with Crippen molar-refractivity contribution in [2.24, 2.45) is 12.8 Å². The molecule has 1 aromatic carbocycles. The maximum atomic E-state index is 5.56. The van der Waals surface area contributed by atoms with Crippen molar-refractivity contribution >= 4 is 0 Å². The van der Waals surface area contributed by atoms with Crippen molar-refractivity contribution in [3.63, 3.8) is 0 Å². The van der Waals surface area contributed by atoms with Crippen LogP contribution in [0, 0.1) is 0 Å². The summed E-state index contributed by atoms with van der Waals surface area (Å²) in [5.41, 5.74) is 6.46. The van der Waals surface area contributed by atoms with E-state index in [2.05, 4.69) is 10.1 Å². The van der Waals surface area contributed by atoms with Gasteiger partial charge in [-0.15, -0.1) is 0 Å². The Morgan fingerprint density at radius 3 is 2.94 bits per heavy atom. The highest BCUT2D eigenvalue weighted by Crippen LogP contribution is 2.34. The van der Waals surface area contributed by atoms with E-state index in [9.17, 15) is 0 Å². The minimum Gasteiger partial charge on any atom is -0.454 e. The summed E-state index contributed by atoms with van der Waals surface area (Å²) in [6.45, 7) is 0.635. The van der Waals surface area contributed by atoms with E-state index >= 15 is 0 Å². The lowest BCUT2D eigenvalue weighted by atomic mass is 10.2. The Labute approximate surface area is 98.0 Å². The first-order chi connectivity index (χ1) is 8.28. The minimum absolute atomic E-state index is 0.266. The summed E-state index contributed by atoms with van der Waals surface area (Å²) in [6, 6.07) is 5.64. The van der Waals surface area contributed by atoms with Gasteiger partial charge in [0, 0.05) is 12.6 Å². The Bertz CT molecular complexity index is 565. The van der Waals surface area contributed by atoms with Gasteiger partial charge in [-0.1, -0.05) is 0 Å². The van der Waals surface area contributed by atoms with Gasteiger partial charge in [0.25, 0.3) is 0 Å². The van der Waals surface area contributed by atoms with Crippen molar-refractivity contribution in [1.82, 2.24) is 14.8 Å². The first-order valence-electron chi connectivity index (χ1n) is 5.28. The predicted molar refractivity (Wildman–Crippen MR) is 60.5 cm³/mol. The zero-order chi connectivity index (χ0) is 11.8. The Morgan fingerprint density at radius 2 is 2.18 bits per heavy atom. The smallest absolute Gasteiger partial charge is 0.231 e. The molecule has 0 fully saturated rings. The summed E-state index contributed by atoms with van der Waals surface area (Å²) < 4.78 is 12.2. The number of rotatable bonds is 2. The Balaban J connectivity index is 2.03. The van der Waals surface area contributed by atoms with Crippen molar-refractivity contribution in [2.45, 2.75) is 6.54 Å². The first kappa shape index (κ1) is 10.1. The third kappa shape index (κ3) is 1.62. The molecule has 1 aliphatic heterocycles. The second-order valence-corrected chi connectivity index (χ2v) is 3.75. The lowest BCUT2D eigenvalue weighted by Crippen LogP contribution is -2.05. The number of hydrogen-bond acceptors (Lipinski definition) is 5. The van der Waals surface area contributed by atoms with Crippen LogP contribution in [0.5, 0.6) is 11.5 Å². The van der Waals surface area contributed by atoms with Gasteiger partial charge in [0.05, 0.1) is 6.54 Å². The summed E-state index contributed by atoms with van der Waals surface area (Å²) in [5, 5.41) is 4.31.